The van der Waals surface area contributed by atoms with Crippen molar-refractivity contribution in [1.82, 2.24) is 0 Å². The van der Waals surface area contributed by atoms with Crippen molar-refractivity contribution < 1.29 is 14.3 Å². The number of hydrogen-bond donors (Lipinski definition) is 3. The first-order chi connectivity index (χ1) is 10.9. The molecule has 0 bridgehead atoms. The van der Waals surface area contributed by atoms with Gasteiger partial charge in [-0.1, -0.05) is 24.3 Å². The zero-order valence-corrected chi connectivity index (χ0v) is 12.5. The number of nitrogens with two attached hydrogens (primary N) is 2. The van der Waals surface area contributed by atoms with Crippen LogP contribution in [0.4, 0.5) is 4.39 Å². The quantitative estimate of drug-likeness (QED) is 0.460. The Morgan fingerprint density at radius 2 is 1.83 bits per heavy atom. The van der Waals surface area contributed by atoms with Gasteiger partial charge in [-0.05, 0) is 42.3 Å². The van der Waals surface area contributed by atoms with Crippen molar-refractivity contribution in [2.24, 2.45) is 16.5 Å². The topological polar surface area (TPSA) is 102 Å². The number of amides is 1. The molecule has 0 unspecified atom stereocenters. The highest BCUT2D eigenvalue weighted by Crippen LogP contribution is 2.27. The van der Waals surface area contributed by atoms with Gasteiger partial charge < -0.3 is 16.6 Å². The fourth-order valence-electron chi connectivity index (χ4n) is 2.01. The Kier molecular flexibility index (Phi) is 4.75. The molecule has 5 N–H and O–H groups in total. The van der Waals surface area contributed by atoms with Gasteiger partial charge >= 0.3 is 0 Å². The summed E-state index contributed by atoms with van der Waals surface area (Å²) in [4.78, 5) is 15.1. The highest BCUT2D eigenvalue weighted by atomic mass is 19.1. The van der Waals surface area contributed by atoms with Crippen LogP contribution in [-0.4, -0.2) is 17.0 Å². The number of phenolic OH excluding ortho intramolecular Hbond substituents is 1. The number of halogens is 1. The molecular weight excluding hydrogens is 297 g/mol. The number of benzene rings is 2. The molecule has 0 radical (unpaired) electrons. The SMILES string of the molecule is CC(=Cc1ccc(-c2cc(O)ccc2F)cc1)C(=O)N=C(N)N. The largest absolute Gasteiger partial charge is 0.508 e. The summed E-state index contributed by atoms with van der Waals surface area (Å²) in [6.07, 6.45) is 1.62. The summed E-state index contributed by atoms with van der Waals surface area (Å²) in [6.45, 7) is 1.59. The minimum atomic E-state index is -0.520. The van der Waals surface area contributed by atoms with E-state index in [0.29, 0.717) is 16.7 Å². The lowest BCUT2D eigenvalue weighted by Crippen LogP contribution is -2.24. The molecule has 6 heteroatoms. The van der Waals surface area contributed by atoms with Gasteiger partial charge in [0.15, 0.2) is 5.96 Å². The second-order valence-corrected chi connectivity index (χ2v) is 4.96. The summed E-state index contributed by atoms with van der Waals surface area (Å²) in [5.74, 6) is -1.25. The number of hydrogen-bond acceptors (Lipinski definition) is 2. The van der Waals surface area contributed by atoms with E-state index in [-0.39, 0.29) is 11.7 Å². The van der Waals surface area contributed by atoms with E-state index in [1.54, 1.807) is 37.3 Å². The zero-order chi connectivity index (χ0) is 17.0. The highest BCUT2D eigenvalue weighted by Gasteiger charge is 2.07. The lowest BCUT2D eigenvalue weighted by Gasteiger charge is -2.05. The first-order valence-corrected chi connectivity index (χ1v) is 6.78. The number of aliphatic imine (C=N–C) groups is 1. The summed E-state index contributed by atoms with van der Waals surface area (Å²) in [5.41, 5.74) is 12.3. The molecule has 0 aromatic heterocycles. The Labute approximate surface area is 132 Å². The van der Waals surface area contributed by atoms with E-state index in [1.165, 1.54) is 18.2 Å². The second-order valence-electron chi connectivity index (χ2n) is 4.96. The number of carbonyl (C=O) groups is 1. The van der Waals surface area contributed by atoms with E-state index in [1.807, 2.05) is 0 Å². The summed E-state index contributed by atoms with van der Waals surface area (Å²) in [7, 11) is 0. The van der Waals surface area contributed by atoms with Crippen LogP contribution in [0.25, 0.3) is 17.2 Å². The van der Waals surface area contributed by atoms with Crippen molar-refractivity contribution in [3.63, 3.8) is 0 Å². The Hall–Kier alpha value is -3.15. The number of aromatic hydroxyl groups is 1. The Morgan fingerprint density at radius 1 is 1.17 bits per heavy atom. The van der Waals surface area contributed by atoms with Gasteiger partial charge in [0.2, 0.25) is 0 Å². The number of nitrogens with zero attached hydrogens (tertiary/aromatic N) is 1. The molecule has 2 rings (SSSR count). The number of guanidine groups is 1. The van der Waals surface area contributed by atoms with Gasteiger partial charge in [0.1, 0.15) is 11.6 Å². The Balaban J connectivity index is 2.28. The predicted octanol–water partition coefficient (Wildman–Crippen LogP) is 2.40. The molecule has 0 spiro atoms. The van der Waals surface area contributed by atoms with Crippen LogP contribution in [0.15, 0.2) is 53.0 Å². The molecule has 0 aliphatic carbocycles. The van der Waals surface area contributed by atoms with Gasteiger partial charge in [0.05, 0.1) is 0 Å². The molecular formula is C17H16FN3O2. The lowest BCUT2D eigenvalue weighted by molar-refractivity contribution is -0.114. The van der Waals surface area contributed by atoms with Gasteiger partial charge in [-0.25, -0.2) is 4.39 Å². The molecule has 0 aliphatic heterocycles. The van der Waals surface area contributed by atoms with Crippen LogP contribution in [0.5, 0.6) is 5.75 Å². The molecule has 23 heavy (non-hydrogen) atoms. The molecule has 0 saturated heterocycles. The van der Waals surface area contributed by atoms with Crippen molar-refractivity contribution in [1.29, 1.82) is 0 Å². The number of carbonyl (C=O) groups excluding carboxylic acids is 1. The van der Waals surface area contributed by atoms with E-state index in [0.717, 1.165) is 5.56 Å². The van der Waals surface area contributed by atoms with Crippen molar-refractivity contribution in [3.05, 3.63) is 59.4 Å². The van der Waals surface area contributed by atoms with Gasteiger partial charge in [-0.2, -0.15) is 4.99 Å². The third-order valence-electron chi connectivity index (χ3n) is 3.12. The van der Waals surface area contributed by atoms with Crippen LogP contribution in [0, 0.1) is 5.82 Å². The van der Waals surface area contributed by atoms with Gasteiger partial charge in [-0.15, -0.1) is 0 Å². The molecule has 0 saturated carbocycles. The van der Waals surface area contributed by atoms with E-state index >= 15 is 0 Å². The number of rotatable bonds is 3. The third kappa shape index (κ3) is 4.16. The maximum Gasteiger partial charge on any atom is 0.275 e. The summed E-state index contributed by atoms with van der Waals surface area (Å²) in [6, 6.07) is 10.7. The number of phenols is 1. The lowest BCUT2D eigenvalue weighted by atomic mass is 10.0. The molecule has 0 fully saturated rings. The van der Waals surface area contributed by atoms with Crippen LogP contribution in [0.1, 0.15) is 12.5 Å². The Morgan fingerprint density at radius 3 is 2.43 bits per heavy atom. The minimum Gasteiger partial charge on any atom is -0.508 e. The third-order valence-corrected chi connectivity index (χ3v) is 3.12. The maximum absolute atomic E-state index is 13.8. The van der Waals surface area contributed by atoms with Crippen LogP contribution in [0.3, 0.4) is 0 Å². The summed E-state index contributed by atoms with van der Waals surface area (Å²) >= 11 is 0. The molecule has 0 aliphatic rings. The van der Waals surface area contributed by atoms with Crippen LogP contribution in [-0.2, 0) is 4.79 Å². The first kappa shape index (κ1) is 16.2. The summed E-state index contributed by atoms with van der Waals surface area (Å²) < 4.78 is 13.8. The van der Waals surface area contributed by atoms with Crippen molar-refractivity contribution in [2.75, 3.05) is 0 Å². The normalized spacial score (nSPS) is 11.1. The molecule has 2 aromatic carbocycles. The fourth-order valence-corrected chi connectivity index (χ4v) is 2.01. The molecule has 5 nitrogen and oxygen atoms in total. The zero-order valence-electron chi connectivity index (χ0n) is 12.5. The molecule has 118 valence electrons. The van der Waals surface area contributed by atoms with Crippen molar-refractivity contribution in [3.8, 4) is 16.9 Å². The first-order valence-electron chi connectivity index (χ1n) is 6.78. The monoisotopic (exact) mass is 313 g/mol. The van der Waals surface area contributed by atoms with Gasteiger partial charge in [-0.3, -0.25) is 4.79 Å². The smallest absolute Gasteiger partial charge is 0.275 e. The van der Waals surface area contributed by atoms with Crippen LogP contribution in [0.2, 0.25) is 0 Å². The van der Waals surface area contributed by atoms with Crippen LogP contribution >= 0.6 is 0 Å². The predicted molar refractivity (Wildman–Crippen MR) is 88.0 cm³/mol. The molecule has 2 aromatic rings. The second kappa shape index (κ2) is 6.74. The van der Waals surface area contributed by atoms with E-state index in [4.69, 9.17) is 11.5 Å². The maximum atomic E-state index is 13.8. The van der Waals surface area contributed by atoms with Crippen molar-refractivity contribution in [2.45, 2.75) is 6.92 Å². The molecule has 0 heterocycles. The van der Waals surface area contributed by atoms with Gasteiger partial charge in [0, 0.05) is 11.1 Å². The van der Waals surface area contributed by atoms with Crippen molar-refractivity contribution >= 4 is 17.9 Å². The highest BCUT2D eigenvalue weighted by molar-refractivity contribution is 6.03. The van der Waals surface area contributed by atoms with E-state index < -0.39 is 11.7 Å². The average molecular weight is 313 g/mol. The average Bonchev–Trinajstić information content (AvgIpc) is 2.50. The van der Waals surface area contributed by atoms with Crippen LogP contribution < -0.4 is 11.5 Å². The van der Waals surface area contributed by atoms with E-state index in [2.05, 4.69) is 4.99 Å². The minimum absolute atomic E-state index is 0.0101. The standard InChI is InChI=1S/C17H16FN3O2/c1-10(16(23)21-17(19)20)8-11-2-4-12(5-3-11)14-9-13(22)6-7-15(14)18/h2-9,22H,1H3,(H4,19,20,21,23). The van der Waals surface area contributed by atoms with Gasteiger partial charge in [0.25, 0.3) is 5.91 Å². The Bertz CT molecular complexity index is 792. The molecule has 0 atom stereocenters. The van der Waals surface area contributed by atoms with E-state index in [9.17, 15) is 14.3 Å². The summed E-state index contributed by atoms with van der Waals surface area (Å²) in [5, 5.41) is 9.46. The molecule has 1 amide bonds. The fraction of sp³-hybridized carbons (Fsp3) is 0.0588.